The number of rotatable bonds is 8. The second-order valence-electron chi connectivity index (χ2n) is 5.85. The van der Waals surface area contributed by atoms with Gasteiger partial charge in [0.15, 0.2) is 0 Å². The first kappa shape index (κ1) is 20.6. The van der Waals surface area contributed by atoms with Crippen LogP contribution in [-0.2, 0) is 32.4 Å². The number of halogens is 1. The molecular formula is C19H22BrNO4S. The van der Waals surface area contributed by atoms with Gasteiger partial charge in [-0.3, -0.25) is 4.79 Å². The van der Waals surface area contributed by atoms with Crippen LogP contribution in [-0.4, -0.2) is 27.5 Å². The van der Waals surface area contributed by atoms with E-state index >= 15 is 0 Å². The number of hydrogen-bond acceptors (Lipinski definition) is 4. The molecule has 0 aromatic heterocycles. The first-order chi connectivity index (χ1) is 12.3. The van der Waals surface area contributed by atoms with E-state index in [4.69, 9.17) is 4.74 Å². The van der Waals surface area contributed by atoms with E-state index in [0.29, 0.717) is 0 Å². The number of sulfonamides is 1. The minimum atomic E-state index is -3.76. The molecule has 0 saturated carbocycles. The Balaban J connectivity index is 2.11. The Morgan fingerprint density at radius 1 is 1.15 bits per heavy atom. The summed E-state index contributed by atoms with van der Waals surface area (Å²) in [6, 6.07) is 13.0. The molecule has 0 aliphatic heterocycles. The standard InChI is InChI=1S/C19H22BrNO4S/c1-3-25-19(22)13-21-26(23,24)18-10-7-14(2)16(12-18)9-8-15-5-4-6-17(20)11-15/h4-7,10-12,21H,3,8-9,13H2,1-2H3. The van der Waals surface area contributed by atoms with Gasteiger partial charge in [-0.1, -0.05) is 34.1 Å². The zero-order chi connectivity index (χ0) is 19.2. The van der Waals surface area contributed by atoms with Crippen LogP contribution < -0.4 is 4.72 Å². The summed E-state index contributed by atoms with van der Waals surface area (Å²) in [4.78, 5) is 11.5. The topological polar surface area (TPSA) is 72.5 Å². The van der Waals surface area contributed by atoms with E-state index in [-0.39, 0.29) is 18.0 Å². The molecule has 2 aromatic carbocycles. The Kier molecular flexibility index (Phi) is 7.37. The summed E-state index contributed by atoms with van der Waals surface area (Å²) in [7, 11) is -3.76. The predicted octanol–water partition coefficient (Wildman–Crippen LogP) is 3.38. The molecule has 0 heterocycles. The Morgan fingerprint density at radius 2 is 1.92 bits per heavy atom. The van der Waals surface area contributed by atoms with Crippen LogP contribution in [0.25, 0.3) is 0 Å². The van der Waals surface area contributed by atoms with Gasteiger partial charge in [-0.25, -0.2) is 8.42 Å². The lowest BCUT2D eigenvalue weighted by atomic mass is 10.0. The Bertz CT molecular complexity index is 881. The Hall–Kier alpha value is -1.70. The van der Waals surface area contributed by atoms with E-state index in [9.17, 15) is 13.2 Å². The molecule has 2 rings (SSSR count). The number of benzene rings is 2. The van der Waals surface area contributed by atoms with Crippen molar-refractivity contribution in [1.82, 2.24) is 4.72 Å². The molecule has 0 aliphatic carbocycles. The maximum Gasteiger partial charge on any atom is 0.321 e. The van der Waals surface area contributed by atoms with E-state index < -0.39 is 16.0 Å². The molecule has 0 fully saturated rings. The normalized spacial score (nSPS) is 11.3. The fourth-order valence-corrected chi connectivity index (χ4v) is 3.97. The summed E-state index contributed by atoms with van der Waals surface area (Å²) in [5.41, 5.74) is 3.17. The summed E-state index contributed by atoms with van der Waals surface area (Å²) in [6.45, 7) is 3.46. The van der Waals surface area contributed by atoms with Crippen molar-refractivity contribution in [2.75, 3.05) is 13.2 Å². The second-order valence-corrected chi connectivity index (χ2v) is 8.53. The first-order valence-electron chi connectivity index (χ1n) is 8.31. The summed E-state index contributed by atoms with van der Waals surface area (Å²) < 4.78 is 32.8. The molecule has 1 N–H and O–H groups in total. The summed E-state index contributed by atoms with van der Waals surface area (Å²) in [5, 5.41) is 0. The Morgan fingerprint density at radius 3 is 2.62 bits per heavy atom. The molecule has 140 valence electrons. The van der Waals surface area contributed by atoms with Crippen molar-refractivity contribution in [2.24, 2.45) is 0 Å². The van der Waals surface area contributed by atoms with Crippen molar-refractivity contribution in [1.29, 1.82) is 0 Å². The number of aryl methyl sites for hydroxylation is 3. The molecule has 26 heavy (non-hydrogen) atoms. The smallest absolute Gasteiger partial charge is 0.321 e. The lowest BCUT2D eigenvalue weighted by molar-refractivity contribution is -0.141. The SMILES string of the molecule is CCOC(=O)CNS(=O)(=O)c1ccc(C)c(CCc2cccc(Br)c2)c1. The monoisotopic (exact) mass is 439 g/mol. The van der Waals surface area contributed by atoms with E-state index in [1.54, 1.807) is 25.1 Å². The van der Waals surface area contributed by atoms with E-state index in [0.717, 1.165) is 28.4 Å². The third-order valence-electron chi connectivity index (χ3n) is 3.91. The number of hydrogen-bond donors (Lipinski definition) is 1. The molecule has 0 radical (unpaired) electrons. The van der Waals surface area contributed by atoms with Crippen LogP contribution in [0.5, 0.6) is 0 Å². The average Bonchev–Trinajstić information content (AvgIpc) is 2.59. The quantitative estimate of drug-likeness (QED) is 0.639. The average molecular weight is 440 g/mol. The third kappa shape index (κ3) is 5.93. The van der Waals surface area contributed by atoms with Crippen LogP contribution >= 0.6 is 15.9 Å². The molecule has 0 saturated heterocycles. The van der Waals surface area contributed by atoms with Gasteiger partial charge in [-0.15, -0.1) is 0 Å². The highest BCUT2D eigenvalue weighted by atomic mass is 79.9. The van der Waals surface area contributed by atoms with Crippen molar-refractivity contribution < 1.29 is 17.9 Å². The fraction of sp³-hybridized carbons (Fsp3) is 0.316. The van der Waals surface area contributed by atoms with Crippen molar-refractivity contribution >= 4 is 31.9 Å². The molecule has 0 atom stereocenters. The Labute approximate surface area is 162 Å². The zero-order valence-electron chi connectivity index (χ0n) is 14.8. The highest BCUT2D eigenvalue weighted by Gasteiger charge is 2.17. The minimum absolute atomic E-state index is 0.150. The zero-order valence-corrected chi connectivity index (χ0v) is 17.2. The molecule has 0 amide bonds. The summed E-state index contributed by atoms with van der Waals surface area (Å²) in [6.07, 6.45) is 1.53. The highest BCUT2D eigenvalue weighted by molar-refractivity contribution is 9.10. The van der Waals surface area contributed by atoms with Crippen molar-refractivity contribution in [3.63, 3.8) is 0 Å². The van der Waals surface area contributed by atoms with Crippen molar-refractivity contribution in [3.8, 4) is 0 Å². The number of carbonyl (C=O) groups excluding carboxylic acids is 1. The van der Waals surface area contributed by atoms with Crippen LogP contribution in [0.3, 0.4) is 0 Å². The molecule has 7 heteroatoms. The van der Waals surface area contributed by atoms with Crippen LogP contribution in [0.1, 0.15) is 23.6 Å². The van der Waals surface area contributed by atoms with Crippen LogP contribution in [0.15, 0.2) is 51.8 Å². The molecule has 0 unspecified atom stereocenters. The number of nitrogens with one attached hydrogen (secondary N) is 1. The number of ether oxygens (including phenoxy) is 1. The van der Waals surface area contributed by atoms with Gasteiger partial charge >= 0.3 is 5.97 Å². The summed E-state index contributed by atoms with van der Waals surface area (Å²) in [5.74, 6) is -0.599. The van der Waals surface area contributed by atoms with Crippen LogP contribution in [0.4, 0.5) is 0 Å². The number of carbonyl (C=O) groups is 1. The van der Waals surface area contributed by atoms with Gasteiger partial charge in [0.25, 0.3) is 0 Å². The highest BCUT2D eigenvalue weighted by Crippen LogP contribution is 2.19. The number of esters is 1. The van der Waals surface area contributed by atoms with E-state index in [1.807, 2.05) is 25.1 Å². The third-order valence-corrected chi connectivity index (χ3v) is 5.81. The largest absolute Gasteiger partial charge is 0.465 e. The molecule has 0 spiro atoms. The second kappa shape index (κ2) is 9.30. The van der Waals surface area contributed by atoms with Gasteiger partial charge in [0, 0.05) is 4.47 Å². The minimum Gasteiger partial charge on any atom is -0.465 e. The van der Waals surface area contributed by atoms with Gasteiger partial charge < -0.3 is 4.74 Å². The maximum atomic E-state index is 12.4. The molecule has 2 aromatic rings. The van der Waals surface area contributed by atoms with Gasteiger partial charge in [0.05, 0.1) is 11.5 Å². The fourth-order valence-electron chi connectivity index (χ4n) is 2.51. The van der Waals surface area contributed by atoms with Gasteiger partial charge in [0.2, 0.25) is 10.0 Å². The maximum absolute atomic E-state index is 12.4. The van der Waals surface area contributed by atoms with E-state index in [1.165, 1.54) is 5.56 Å². The summed E-state index contributed by atoms with van der Waals surface area (Å²) >= 11 is 3.46. The van der Waals surface area contributed by atoms with Crippen LogP contribution in [0, 0.1) is 6.92 Å². The van der Waals surface area contributed by atoms with Crippen molar-refractivity contribution in [3.05, 3.63) is 63.6 Å². The van der Waals surface area contributed by atoms with Gasteiger partial charge in [-0.2, -0.15) is 4.72 Å². The molecule has 0 aliphatic rings. The van der Waals surface area contributed by atoms with Crippen LogP contribution in [0.2, 0.25) is 0 Å². The predicted molar refractivity (Wildman–Crippen MR) is 105 cm³/mol. The van der Waals surface area contributed by atoms with Crippen molar-refractivity contribution in [2.45, 2.75) is 31.6 Å². The molecular weight excluding hydrogens is 418 g/mol. The molecule has 5 nitrogen and oxygen atoms in total. The van der Waals surface area contributed by atoms with Gasteiger partial charge in [-0.05, 0) is 67.6 Å². The lowest BCUT2D eigenvalue weighted by Crippen LogP contribution is -2.30. The van der Waals surface area contributed by atoms with Gasteiger partial charge in [0.1, 0.15) is 6.54 Å². The first-order valence-corrected chi connectivity index (χ1v) is 10.6. The molecule has 0 bridgehead atoms. The van der Waals surface area contributed by atoms with E-state index in [2.05, 4.69) is 26.7 Å². The lowest BCUT2D eigenvalue weighted by Gasteiger charge is -2.11.